The summed E-state index contributed by atoms with van der Waals surface area (Å²) in [6.07, 6.45) is 12.5. The van der Waals surface area contributed by atoms with Crippen molar-refractivity contribution in [2.24, 2.45) is 0 Å². The van der Waals surface area contributed by atoms with Crippen molar-refractivity contribution in [3.63, 3.8) is 0 Å². The lowest BCUT2D eigenvalue weighted by Crippen LogP contribution is -2.23. The summed E-state index contributed by atoms with van der Waals surface area (Å²) in [4.78, 5) is 2.39. The molecule has 0 fully saturated rings. The lowest BCUT2D eigenvalue weighted by atomic mass is 9.86. The highest BCUT2D eigenvalue weighted by Gasteiger charge is 2.25. The van der Waals surface area contributed by atoms with Crippen LogP contribution in [-0.2, 0) is 6.42 Å². The van der Waals surface area contributed by atoms with Gasteiger partial charge in [0.2, 0.25) is 0 Å². The molecule has 1 aliphatic heterocycles. The van der Waals surface area contributed by atoms with Crippen molar-refractivity contribution in [2.75, 3.05) is 7.05 Å². The molecule has 0 bridgehead atoms. The molecule has 3 heteroatoms. The first-order chi connectivity index (χ1) is 25.2. The largest absolute Gasteiger partial charge is 0.364 e. The van der Waals surface area contributed by atoms with Crippen LogP contribution in [0.2, 0.25) is 0 Å². The maximum atomic E-state index is 2.46. The number of aromatic nitrogens is 2. The van der Waals surface area contributed by atoms with Gasteiger partial charge in [0.1, 0.15) is 0 Å². The standard InChI is InChI=1S/C48H37N3/c1-49-43(33-14-4-2-5-15-33)24-13-25-44(49)36-16-12-19-38(30-36)51-46-23-11-9-21-40(46)42-32-35(27-29-48(42)51)34-26-28-47-41(31-34)39-20-8-10-22-45(39)50(47)37-17-6-3-7-18-37/h2-31,35,43H,32H2,1H3. The van der Waals surface area contributed by atoms with Crippen molar-refractivity contribution < 1.29 is 0 Å². The first-order valence-corrected chi connectivity index (χ1v) is 17.9. The Kier molecular flexibility index (Phi) is 6.92. The summed E-state index contributed by atoms with van der Waals surface area (Å²) >= 11 is 0. The molecule has 8 aromatic rings. The molecular weight excluding hydrogens is 619 g/mol. The molecule has 51 heavy (non-hydrogen) atoms. The highest BCUT2D eigenvalue weighted by molar-refractivity contribution is 6.09. The summed E-state index contributed by atoms with van der Waals surface area (Å²) < 4.78 is 4.86. The third kappa shape index (κ3) is 4.80. The zero-order valence-corrected chi connectivity index (χ0v) is 28.5. The van der Waals surface area contributed by atoms with E-state index in [2.05, 4.69) is 203 Å². The summed E-state index contributed by atoms with van der Waals surface area (Å²) in [6, 6.07) is 55.5. The first-order valence-electron chi connectivity index (χ1n) is 17.9. The van der Waals surface area contributed by atoms with Gasteiger partial charge in [-0.3, -0.25) is 0 Å². The van der Waals surface area contributed by atoms with E-state index >= 15 is 0 Å². The van der Waals surface area contributed by atoms with E-state index in [0.29, 0.717) is 0 Å². The minimum Gasteiger partial charge on any atom is -0.364 e. The number of nitrogens with zero attached hydrogens (tertiary/aromatic N) is 3. The summed E-state index contributed by atoms with van der Waals surface area (Å²) in [6.45, 7) is 0. The minimum absolute atomic E-state index is 0.198. The van der Waals surface area contributed by atoms with Crippen molar-refractivity contribution in [1.82, 2.24) is 14.0 Å². The van der Waals surface area contributed by atoms with E-state index in [1.165, 1.54) is 77.7 Å². The molecule has 3 heterocycles. The molecule has 6 aromatic carbocycles. The van der Waals surface area contributed by atoms with Gasteiger partial charge in [0.15, 0.2) is 0 Å². The summed E-state index contributed by atoms with van der Waals surface area (Å²) in [5.74, 6) is 0.286. The van der Waals surface area contributed by atoms with Gasteiger partial charge in [0, 0.05) is 51.9 Å². The van der Waals surface area contributed by atoms with Gasteiger partial charge in [-0.05, 0) is 89.4 Å². The first kappa shape index (κ1) is 29.6. The highest BCUT2D eigenvalue weighted by atomic mass is 15.1. The normalized spacial score (nSPS) is 17.0. The Bertz CT molecular complexity index is 2690. The molecule has 3 nitrogen and oxygen atoms in total. The van der Waals surface area contributed by atoms with E-state index in [-0.39, 0.29) is 12.0 Å². The lowest BCUT2D eigenvalue weighted by molar-refractivity contribution is 0.412. The van der Waals surface area contributed by atoms with Crippen LogP contribution in [-0.4, -0.2) is 21.1 Å². The van der Waals surface area contributed by atoms with Crippen LogP contribution < -0.4 is 0 Å². The van der Waals surface area contributed by atoms with Crippen LogP contribution >= 0.6 is 0 Å². The Morgan fingerprint density at radius 2 is 1.22 bits per heavy atom. The zero-order chi connectivity index (χ0) is 33.9. The number of fused-ring (bicyclic) bond motifs is 6. The van der Waals surface area contributed by atoms with Gasteiger partial charge in [0.05, 0.1) is 22.6 Å². The average molecular weight is 656 g/mol. The Labute approximate surface area is 298 Å². The number of likely N-dealkylation sites (N-methyl/N-ethyl adjacent to an activating group) is 1. The summed E-state index contributed by atoms with van der Waals surface area (Å²) in [7, 11) is 2.20. The molecule has 2 aliphatic rings. The molecule has 0 spiro atoms. The molecule has 0 radical (unpaired) electrons. The van der Waals surface area contributed by atoms with Gasteiger partial charge in [-0.25, -0.2) is 0 Å². The van der Waals surface area contributed by atoms with Crippen molar-refractivity contribution in [1.29, 1.82) is 0 Å². The third-order valence-electron chi connectivity index (χ3n) is 11.0. The van der Waals surface area contributed by atoms with Gasteiger partial charge >= 0.3 is 0 Å². The van der Waals surface area contributed by atoms with E-state index in [9.17, 15) is 0 Å². The summed E-state index contributed by atoms with van der Waals surface area (Å²) in [5, 5.41) is 3.92. The van der Waals surface area contributed by atoms with E-state index in [1.54, 1.807) is 0 Å². The quantitative estimate of drug-likeness (QED) is 0.180. The lowest BCUT2D eigenvalue weighted by Gasteiger charge is -2.33. The van der Waals surface area contributed by atoms with Crippen molar-refractivity contribution in [2.45, 2.75) is 18.4 Å². The molecule has 244 valence electrons. The molecule has 0 saturated heterocycles. The van der Waals surface area contributed by atoms with E-state index < -0.39 is 0 Å². The van der Waals surface area contributed by atoms with Crippen LogP contribution in [0.25, 0.3) is 55.9 Å². The van der Waals surface area contributed by atoms with E-state index in [1.807, 2.05) is 0 Å². The monoisotopic (exact) mass is 655 g/mol. The fourth-order valence-corrected chi connectivity index (χ4v) is 8.53. The topological polar surface area (TPSA) is 13.1 Å². The number of allylic oxidation sites excluding steroid dienone is 3. The predicted octanol–water partition coefficient (Wildman–Crippen LogP) is 11.7. The average Bonchev–Trinajstić information content (AvgIpc) is 3.71. The van der Waals surface area contributed by atoms with Gasteiger partial charge in [-0.1, -0.05) is 121 Å². The third-order valence-corrected chi connectivity index (χ3v) is 11.0. The Morgan fingerprint density at radius 3 is 2.04 bits per heavy atom. The highest BCUT2D eigenvalue weighted by Crippen LogP contribution is 2.41. The second-order valence-corrected chi connectivity index (χ2v) is 13.8. The number of para-hydroxylation sites is 3. The van der Waals surface area contributed by atoms with Crippen molar-refractivity contribution in [3.05, 3.63) is 204 Å². The molecule has 2 aromatic heterocycles. The van der Waals surface area contributed by atoms with Crippen LogP contribution in [0, 0.1) is 0 Å². The molecular formula is C48H37N3. The van der Waals surface area contributed by atoms with Crippen LogP contribution in [0.4, 0.5) is 0 Å². The second-order valence-electron chi connectivity index (χ2n) is 13.8. The molecule has 0 saturated carbocycles. The molecule has 10 rings (SSSR count). The fourth-order valence-electron chi connectivity index (χ4n) is 8.53. The molecule has 1 aliphatic carbocycles. The molecule has 0 amide bonds. The Morgan fingerprint density at radius 1 is 0.529 bits per heavy atom. The van der Waals surface area contributed by atoms with Crippen molar-refractivity contribution >= 4 is 44.5 Å². The van der Waals surface area contributed by atoms with Crippen molar-refractivity contribution in [3.8, 4) is 11.4 Å². The van der Waals surface area contributed by atoms with Gasteiger partial charge < -0.3 is 14.0 Å². The number of rotatable bonds is 5. The smallest absolute Gasteiger partial charge is 0.0726 e. The SMILES string of the molecule is CN1C(c2cccc(-n3c4c(c5ccccc53)CC(c3ccc5c(c3)c3ccccc3n5-c3ccccc3)C=C4)c2)=CC=CC1c1ccccc1. The maximum absolute atomic E-state index is 2.46. The summed E-state index contributed by atoms with van der Waals surface area (Å²) in [5.41, 5.74) is 13.9. The maximum Gasteiger partial charge on any atom is 0.0726 e. The van der Waals surface area contributed by atoms with Crippen LogP contribution in [0.1, 0.15) is 39.9 Å². The minimum atomic E-state index is 0.198. The molecule has 2 atom stereocenters. The van der Waals surface area contributed by atoms with Crippen LogP contribution in [0.15, 0.2) is 176 Å². The number of hydrogen-bond donors (Lipinski definition) is 0. The molecule has 2 unspecified atom stereocenters. The Balaban J connectivity index is 1.04. The van der Waals surface area contributed by atoms with E-state index in [0.717, 1.165) is 6.42 Å². The van der Waals surface area contributed by atoms with E-state index in [4.69, 9.17) is 0 Å². The number of hydrogen-bond acceptors (Lipinski definition) is 1. The second kappa shape index (κ2) is 11.9. The Hall–Kier alpha value is -6.32. The van der Waals surface area contributed by atoms with Crippen LogP contribution in [0.3, 0.4) is 0 Å². The van der Waals surface area contributed by atoms with Gasteiger partial charge in [-0.15, -0.1) is 0 Å². The predicted molar refractivity (Wildman–Crippen MR) is 214 cm³/mol. The fraction of sp³-hybridized carbons (Fsp3) is 0.0833. The number of benzene rings is 6. The van der Waals surface area contributed by atoms with Gasteiger partial charge in [-0.2, -0.15) is 0 Å². The zero-order valence-electron chi connectivity index (χ0n) is 28.5. The molecule has 0 N–H and O–H groups in total. The van der Waals surface area contributed by atoms with Gasteiger partial charge in [0.25, 0.3) is 0 Å². The van der Waals surface area contributed by atoms with Crippen LogP contribution in [0.5, 0.6) is 0 Å².